The summed E-state index contributed by atoms with van der Waals surface area (Å²) >= 11 is 0. The highest BCUT2D eigenvalue weighted by atomic mass is 15.4. The van der Waals surface area contributed by atoms with E-state index in [4.69, 9.17) is 15.2 Å². The third kappa shape index (κ3) is 3.52. The van der Waals surface area contributed by atoms with Gasteiger partial charge >= 0.3 is 0 Å². The van der Waals surface area contributed by atoms with Gasteiger partial charge in [0.2, 0.25) is 0 Å². The molecule has 0 bridgehead atoms. The van der Waals surface area contributed by atoms with Crippen molar-refractivity contribution >= 4 is 33.2 Å². The number of fused-ring (bicyclic) bond motifs is 2. The van der Waals surface area contributed by atoms with E-state index in [1.54, 1.807) is 0 Å². The highest BCUT2D eigenvalue weighted by molar-refractivity contribution is 6.01. The van der Waals surface area contributed by atoms with E-state index in [0.717, 1.165) is 45.2 Å². The maximum atomic E-state index is 4.87. The summed E-state index contributed by atoms with van der Waals surface area (Å²) in [4.78, 5) is 4.86. The number of hydrogen-bond donors (Lipinski definition) is 0. The molecule has 0 radical (unpaired) electrons. The predicted octanol–water partition coefficient (Wildman–Crippen LogP) is 6.15. The third-order valence-electron chi connectivity index (χ3n) is 5.72. The molecule has 5 nitrogen and oxygen atoms in total. The lowest BCUT2D eigenvalue weighted by Crippen LogP contribution is -2.08. The molecule has 5 aromatic rings. The lowest BCUT2D eigenvalue weighted by Gasteiger charge is -2.08. The molecule has 158 valence electrons. The van der Waals surface area contributed by atoms with Gasteiger partial charge in [-0.15, -0.1) is 0 Å². The van der Waals surface area contributed by atoms with Crippen LogP contribution in [0.25, 0.3) is 21.8 Å². The molecule has 0 aliphatic heterocycles. The molecule has 0 saturated heterocycles. The lowest BCUT2D eigenvalue weighted by atomic mass is 10.2. The van der Waals surface area contributed by atoms with Crippen LogP contribution in [0.1, 0.15) is 36.6 Å². The highest BCUT2D eigenvalue weighted by Gasteiger charge is 2.09. The Morgan fingerprint density at radius 1 is 0.625 bits per heavy atom. The van der Waals surface area contributed by atoms with Crippen molar-refractivity contribution in [3.8, 4) is 0 Å². The smallest absolute Gasteiger partial charge is 0.0867 e. The second-order valence-corrected chi connectivity index (χ2v) is 8.09. The zero-order chi connectivity index (χ0) is 22.2. The van der Waals surface area contributed by atoms with Crippen LogP contribution in [0.2, 0.25) is 0 Å². The Morgan fingerprint density at radius 3 is 1.53 bits per heavy atom. The van der Waals surface area contributed by atoms with Gasteiger partial charge in [0.1, 0.15) is 0 Å². The first-order valence-corrected chi connectivity index (χ1v) is 10.7. The van der Waals surface area contributed by atoms with Crippen LogP contribution >= 0.6 is 0 Å². The van der Waals surface area contributed by atoms with Crippen LogP contribution in [0.15, 0.2) is 89.1 Å². The quantitative estimate of drug-likeness (QED) is 0.322. The molecule has 0 saturated carbocycles. The van der Waals surface area contributed by atoms with Crippen molar-refractivity contribution < 1.29 is 0 Å². The lowest BCUT2D eigenvalue weighted by molar-refractivity contribution is 0.876. The van der Waals surface area contributed by atoms with Crippen molar-refractivity contribution in [3.63, 3.8) is 0 Å². The number of aromatic nitrogens is 3. The summed E-state index contributed by atoms with van der Waals surface area (Å²) in [5, 5.41) is 12.1. The molecule has 0 atom stereocenters. The minimum Gasteiger partial charge on any atom is -0.245 e. The molecule has 32 heavy (non-hydrogen) atoms. The molecule has 3 heterocycles. The molecule has 0 unspecified atom stereocenters. The minimum atomic E-state index is 0.836. The zero-order valence-electron chi connectivity index (χ0n) is 18.7. The molecule has 0 spiro atoms. The first-order chi connectivity index (χ1) is 15.5. The fraction of sp³-hybridized carbons (Fsp3) is 0.148. The number of pyridine rings is 1. The van der Waals surface area contributed by atoms with Crippen LogP contribution < -0.4 is 0 Å². The van der Waals surface area contributed by atoms with E-state index >= 15 is 0 Å². The summed E-state index contributed by atoms with van der Waals surface area (Å²) in [6.45, 7) is 8.13. The fourth-order valence-corrected chi connectivity index (χ4v) is 4.06. The van der Waals surface area contributed by atoms with Gasteiger partial charge in [-0.3, -0.25) is 0 Å². The average Bonchev–Trinajstić information content (AvgIpc) is 3.29. The van der Waals surface area contributed by atoms with Gasteiger partial charge in [-0.05, 0) is 64.1 Å². The highest BCUT2D eigenvalue weighted by Crippen LogP contribution is 2.21. The summed E-state index contributed by atoms with van der Waals surface area (Å²) in [6.07, 6.45) is 0. The normalized spacial score (nSPS) is 12.8. The summed E-state index contributed by atoms with van der Waals surface area (Å²) < 4.78 is 3.96. The maximum absolute atomic E-state index is 4.87. The van der Waals surface area contributed by atoms with Gasteiger partial charge in [-0.1, -0.05) is 42.5 Å². The molecule has 2 aromatic carbocycles. The Labute approximate surface area is 187 Å². The van der Waals surface area contributed by atoms with Crippen molar-refractivity contribution in [2.24, 2.45) is 10.2 Å². The summed E-state index contributed by atoms with van der Waals surface area (Å²) in [6, 6.07) is 26.8. The summed E-state index contributed by atoms with van der Waals surface area (Å²) in [5.41, 5.74) is 7.75. The Balaban J connectivity index is 1.53. The van der Waals surface area contributed by atoms with E-state index in [1.807, 2.05) is 65.7 Å². The van der Waals surface area contributed by atoms with E-state index < -0.39 is 0 Å². The Bertz CT molecular complexity index is 1400. The van der Waals surface area contributed by atoms with Crippen LogP contribution in [0, 0.1) is 13.8 Å². The van der Waals surface area contributed by atoms with Gasteiger partial charge in [0.25, 0.3) is 0 Å². The predicted molar refractivity (Wildman–Crippen MR) is 133 cm³/mol. The summed E-state index contributed by atoms with van der Waals surface area (Å²) in [5.74, 6) is 0. The molecule has 0 amide bonds. The molecule has 5 heteroatoms. The zero-order valence-corrected chi connectivity index (χ0v) is 18.7. The van der Waals surface area contributed by atoms with Gasteiger partial charge in [0.15, 0.2) is 0 Å². The molecule has 0 aliphatic carbocycles. The Kier molecular flexibility index (Phi) is 4.94. The third-order valence-corrected chi connectivity index (χ3v) is 5.72. The Hall–Kier alpha value is -3.99. The van der Waals surface area contributed by atoms with Gasteiger partial charge in [-0.2, -0.15) is 10.2 Å². The van der Waals surface area contributed by atoms with E-state index in [0.29, 0.717) is 0 Å². The van der Waals surface area contributed by atoms with E-state index in [-0.39, 0.29) is 0 Å². The minimum absolute atomic E-state index is 0.836. The largest absolute Gasteiger partial charge is 0.245 e. The molecular weight excluding hydrogens is 394 g/mol. The van der Waals surface area contributed by atoms with Crippen LogP contribution in [0.3, 0.4) is 0 Å². The number of benzene rings is 2. The van der Waals surface area contributed by atoms with E-state index in [1.165, 1.54) is 10.8 Å². The van der Waals surface area contributed by atoms with E-state index in [2.05, 4.69) is 50.2 Å². The van der Waals surface area contributed by atoms with Gasteiger partial charge in [-0.25, -0.2) is 14.3 Å². The summed E-state index contributed by atoms with van der Waals surface area (Å²) in [7, 11) is 0. The second kappa shape index (κ2) is 7.93. The SMILES string of the molecule is CC(=Nn1c(C)cc2ccccc21)c1cccc(C(C)=Nn2c(C)cc3ccccc32)n1. The molecule has 3 aromatic heterocycles. The van der Waals surface area contributed by atoms with Crippen molar-refractivity contribution in [2.75, 3.05) is 0 Å². The fourth-order valence-electron chi connectivity index (χ4n) is 4.06. The van der Waals surface area contributed by atoms with Gasteiger partial charge < -0.3 is 0 Å². The standard InChI is InChI=1S/C27H25N5/c1-18-16-22-10-5-7-14-26(22)31(18)29-20(3)24-12-9-13-25(28-24)21(4)30-32-19(2)17-23-11-6-8-15-27(23)32/h5-17H,1-4H3. The van der Waals surface area contributed by atoms with Gasteiger partial charge in [0, 0.05) is 22.2 Å². The van der Waals surface area contributed by atoms with E-state index in [9.17, 15) is 0 Å². The number of nitrogens with zero attached hydrogens (tertiary/aromatic N) is 5. The average molecular weight is 420 g/mol. The van der Waals surface area contributed by atoms with Gasteiger partial charge in [0.05, 0.1) is 33.8 Å². The molecular formula is C27H25N5. The number of hydrogen-bond acceptors (Lipinski definition) is 3. The number of rotatable bonds is 4. The number of para-hydroxylation sites is 2. The van der Waals surface area contributed by atoms with Crippen LogP contribution in [0.4, 0.5) is 0 Å². The van der Waals surface area contributed by atoms with Crippen LogP contribution in [0.5, 0.6) is 0 Å². The van der Waals surface area contributed by atoms with Crippen molar-refractivity contribution in [3.05, 3.63) is 102 Å². The van der Waals surface area contributed by atoms with Crippen molar-refractivity contribution in [2.45, 2.75) is 27.7 Å². The Morgan fingerprint density at radius 2 is 1.06 bits per heavy atom. The molecule has 5 rings (SSSR count). The molecule has 0 N–H and O–H groups in total. The first-order valence-electron chi connectivity index (χ1n) is 10.7. The topological polar surface area (TPSA) is 47.5 Å². The maximum Gasteiger partial charge on any atom is 0.0867 e. The van der Waals surface area contributed by atoms with Crippen LogP contribution in [-0.4, -0.2) is 25.8 Å². The molecule has 0 fully saturated rings. The second-order valence-electron chi connectivity index (χ2n) is 8.09. The number of aryl methyl sites for hydroxylation is 2. The van der Waals surface area contributed by atoms with Crippen molar-refractivity contribution in [1.82, 2.24) is 14.3 Å². The van der Waals surface area contributed by atoms with Crippen LogP contribution in [-0.2, 0) is 0 Å². The monoisotopic (exact) mass is 419 g/mol. The molecule has 0 aliphatic rings. The first kappa shape index (κ1) is 19.9. The van der Waals surface area contributed by atoms with Crippen molar-refractivity contribution in [1.29, 1.82) is 0 Å².